The van der Waals surface area contributed by atoms with Crippen LogP contribution in [-0.2, 0) is 21.2 Å². The van der Waals surface area contributed by atoms with Gasteiger partial charge in [0, 0.05) is 30.3 Å². The fraction of sp³-hybridized carbons (Fsp3) is 0.476. The summed E-state index contributed by atoms with van der Waals surface area (Å²) in [5.74, 6) is 0.438. The van der Waals surface area contributed by atoms with Crippen LogP contribution in [0.1, 0.15) is 19.4 Å². The third-order valence-electron chi connectivity index (χ3n) is 5.33. The summed E-state index contributed by atoms with van der Waals surface area (Å²) < 4.78 is 34.2. The summed E-state index contributed by atoms with van der Waals surface area (Å²) in [7, 11) is -1.86. The van der Waals surface area contributed by atoms with Crippen molar-refractivity contribution in [1.82, 2.24) is 10.2 Å². The lowest BCUT2D eigenvalue weighted by molar-refractivity contribution is -0.134. The summed E-state index contributed by atoms with van der Waals surface area (Å²) in [4.78, 5) is 14.8. The predicted molar refractivity (Wildman–Crippen MR) is 121 cm³/mol. The van der Waals surface area contributed by atoms with E-state index in [1.165, 1.54) is 6.07 Å². The Labute approximate surface area is 187 Å². The first kappa shape index (κ1) is 23.5. The number of aliphatic hydroxyl groups is 1. The number of anilines is 1. The Balaban J connectivity index is 1.96. The quantitative estimate of drug-likeness (QED) is 0.574. The van der Waals surface area contributed by atoms with Gasteiger partial charge in [0.15, 0.2) is 0 Å². The molecule has 31 heavy (non-hydrogen) atoms. The molecule has 1 aromatic carbocycles. The van der Waals surface area contributed by atoms with Gasteiger partial charge in [-0.05, 0) is 43.6 Å². The molecule has 1 aliphatic rings. The minimum atomic E-state index is -3.70. The minimum absolute atomic E-state index is 0.0216. The van der Waals surface area contributed by atoms with Crippen LogP contribution in [0.25, 0.3) is 0 Å². The van der Waals surface area contributed by atoms with Gasteiger partial charge in [0.2, 0.25) is 5.91 Å². The first-order chi connectivity index (χ1) is 14.7. The van der Waals surface area contributed by atoms with Crippen molar-refractivity contribution in [1.29, 1.82) is 0 Å². The molecule has 2 heterocycles. The van der Waals surface area contributed by atoms with Crippen LogP contribution in [0.4, 0.5) is 5.69 Å². The lowest BCUT2D eigenvalue weighted by Gasteiger charge is -2.32. The molecule has 2 aromatic rings. The second-order valence-electron chi connectivity index (χ2n) is 7.81. The van der Waals surface area contributed by atoms with Crippen LogP contribution in [-0.4, -0.2) is 63.2 Å². The number of ether oxygens (including phenoxy) is 1. The second-order valence-corrected chi connectivity index (χ2v) is 10.7. The number of amides is 1. The highest BCUT2D eigenvalue weighted by Gasteiger charge is 2.30. The van der Waals surface area contributed by atoms with Crippen molar-refractivity contribution in [2.45, 2.75) is 36.6 Å². The van der Waals surface area contributed by atoms with Crippen LogP contribution < -0.4 is 14.8 Å². The maximum Gasteiger partial charge on any atom is 0.271 e. The molecule has 3 rings (SSSR count). The number of aliphatic hydroxyl groups excluding tert-OH is 1. The Kier molecular flexibility index (Phi) is 7.58. The minimum Gasteiger partial charge on any atom is -0.488 e. The number of carbonyl (C=O) groups is 1. The summed E-state index contributed by atoms with van der Waals surface area (Å²) in [6.45, 7) is 4.73. The molecule has 1 aliphatic heterocycles. The van der Waals surface area contributed by atoms with Gasteiger partial charge in [0.25, 0.3) is 10.0 Å². The highest BCUT2D eigenvalue weighted by Crippen LogP contribution is 2.30. The molecule has 0 fully saturated rings. The Morgan fingerprint density at radius 1 is 1.35 bits per heavy atom. The van der Waals surface area contributed by atoms with E-state index in [1.54, 1.807) is 34.5 Å². The van der Waals surface area contributed by atoms with E-state index in [1.807, 2.05) is 20.9 Å². The van der Waals surface area contributed by atoms with E-state index in [0.29, 0.717) is 30.1 Å². The molecule has 170 valence electrons. The second kappa shape index (κ2) is 9.99. The van der Waals surface area contributed by atoms with Crippen LogP contribution in [0, 0.1) is 5.92 Å². The lowest BCUT2D eigenvalue weighted by atomic mass is 10.0. The molecular formula is C21H29N3O5S2. The summed E-state index contributed by atoms with van der Waals surface area (Å²) in [6, 6.07) is 7.88. The van der Waals surface area contributed by atoms with Gasteiger partial charge >= 0.3 is 0 Å². The number of nitrogens with zero attached hydrogens (tertiary/aromatic N) is 1. The molecular weight excluding hydrogens is 438 g/mol. The number of benzene rings is 1. The van der Waals surface area contributed by atoms with Crippen molar-refractivity contribution in [2.75, 3.05) is 31.5 Å². The number of carbonyl (C=O) groups excluding carboxylic acids is 1. The fourth-order valence-electron chi connectivity index (χ4n) is 3.56. The predicted octanol–water partition coefficient (Wildman–Crippen LogP) is 1.92. The highest BCUT2D eigenvalue weighted by molar-refractivity contribution is 7.94. The van der Waals surface area contributed by atoms with E-state index in [0.717, 1.165) is 11.3 Å². The molecule has 0 bridgehead atoms. The molecule has 0 aliphatic carbocycles. The zero-order valence-corrected chi connectivity index (χ0v) is 19.5. The van der Waals surface area contributed by atoms with E-state index >= 15 is 0 Å². The van der Waals surface area contributed by atoms with Gasteiger partial charge in [-0.1, -0.05) is 13.0 Å². The third kappa shape index (κ3) is 5.57. The van der Waals surface area contributed by atoms with Crippen molar-refractivity contribution < 1.29 is 23.1 Å². The zero-order chi connectivity index (χ0) is 22.6. The molecule has 3 N–H and O–H groups in total. The van der Waals surface area contributed by atoms with Crippen LogP contribution in [0.2, 0.25) is 0 Å². The molecule has 1 aromatic heterocycles. The molecule has 0 radical (unpaired) electrons. The topological polar surface area (TPSA) is 108 Å². The monoisotopic (exact) mass is 467 g/mol. The maximum absolute atomic E-state index is 13.1. The van der Waals surface area contributed by atoms with E-state index in [-0.39, 0.29) is 41.2 Å². The number of nitrogens with one attached hydrogen (secondary N) is 2. The number of hydrogen-bond acceptors (Lipinski definition) is 7. The summed E-state index contributed by atoms with van der Waals surface area (Å²) in [5.41, 5.74) is 0.962. The summed E-state index contributed by atoms with van der Waals surface area (Å²) >= 11 is 1.13. The molecule has 0 saturated heterocycles. The molecule has 10 heteroatoms. The summed E-state index contributed by atoms with van der Waals surface area (Å²) in [6.07, 6.45) is -0.149. The highest BCUT2D eigenvalue weighted by atomic mass is 32.2. The number of hydrogen-bond donors (Lipinski definition) is 3. The van der Waals surface area contributed by atoms with Gasteiger partial charge in [0.05, 0.1) is 19.1 Å². The number of likely N-dealkylation sites (N-methyl/N-ethyl adjacent to an activating group) is 1. The van der Waals surface area contributed by atoms with Crippen molar-refractivity contribution in [3.63, 3.8) is 0 Å². The zero-order valence-electron chi connectivity index (χ0n) is 17.9. The van der Waals surface area contributed by atoms with E-state index in [2.05, 4.69) is 10.0 Å². The molecule has 1 amide bonds. The summed E-state index contributed by atoms with van der Waals surface area (Å²) in [5, 5.41) is 14.5. The first-order valence-corrected chi connectivity index (χ1v) is 12.5. The standard InChI is InChI=1S/C21H29N3O5S2/c1-14-12-24(15(2)13-25)20(26)10-16-9-17(6-7-18(16)29-19(14)11-22-3)23-31(27,28)21-5-4-8-30-21/h4-9,14-15,19,22-23,25H,10-13H2,1-3H3/t14-,15-,19-/m0/s1. The molecule has 3 atom stereocenters. The largest absolute Gasteiger partial charge is 0.488 e. The van der Waals surface area contributed by atoms with E-state index < -0.39 is 10.0 Å². The Bertz CT molecular complexity index is 994. The van der Waals surface area contributed by atoms with Crippen LogP contribution >= 0.6 is 11.3 Å². The SMILES string of the molecule is CNC[C@@H]1Oc2ccc(NS(=O)(=O)c3cccs3)cc2CC(=O)N([C@@H](C)CO)C[C@@H]1C. The van der Waals surface area contributed by atoms with E-state index in [4.69, 9.17) is 4.74 Å². The van der Waals surface area contributed by atoms with E-state index in [9.17, 15) is 18.3 Å². The van der Waals surface area contributed by atoms with Gasteiger partial charge in [-0.15, -0.1) is 11.3 Å². The van der Waals surface area contributed by atoms with Gasteiger partial charge in [-0.3, -0.25) is 9.52 Å². The number of fused-ring (bicyclic) bond motifs is 1. The van der Waals surface area contributed by atoms with Crippen molar-refractivity contribution in [3.05, 3.63) is 41.3 Å². The molecule has 0 unspecified atom stereocenters. The van der Waals surface area contributed by atoms with Crippen molar-refractivity contribution >= 4 is 33.0 Å². The average molecular weight is 468 g/mol. The third-order valence-corrected chi connectivity index (χ3v) is 8.11. The van der Waals surface area contributed by atoms with Crippen molar-refractivity contribution in [3.8, 4) is 5.75 Å². The molecule has 0 saturated carbocycles. The van der Waals surface area contributed by atoms with Crippen LogP contribution in [0.5, 0.6) is 5.75 Å². The van der Waals surface area contributed by atoms with Crippen LogP contribution in [0.15, 0.2) is 39.9 Å². The van der Waals surface area contributed by atoms with Crippen LogP contribution in [0.3, 0.4) is 0 Å². The average Bonchev–Trinajstić information content (AvgIpc) is 3.28. The Morgan fingerprint density at radius 3 is 2.77 bits per heavy atom. The number of rotatable bonds is 7. The van der Waals surface area contributed by atoms with Gasteiger partial charge < -0.3 is 20.1 Å². The van der Waals surface area contributed by atoms with Crippen molar-refractivity contribution in [2.24, 2.45) is 5.92 Å². The van der Waals surface area contributed by atoms with Gasteiger partial charge in [-0.25, -0.2) is 8.42 Å². The maximum atomic E-state index is 13.1. The molecule has 8 nitrogen and oxygen atoms in total. The number of thiophene rings is 1. The number of sulfonamides is 1. The Hall–Kier alpha value is -2.14. The Morgan fingerprint density at radius 2 is 2.13 bits per heavy atom. The lowest BCUT2D eigenvalue weighted by Crippen LogP contribution is -2.47. The van der Waals surface area contributed by atoms with Gasteiger partial charge in [0.1, 0.15) is 16.1 Å². The van der Waals surface area contributed by atoms with Gasteiger partial charge in [-0.2, -0.15) is 0 Å². The smallest absolute Gasteiger partial charge is 0.271 e. The first-order valence-electron chi connectivity index (χ1n) is 10.2. The molecule has 0 spiro atoms. The normalized spacial score (nSPS) is 20.8. The fourth-order valence-corrected chi connectivity index (χ4v) is 5.60.